The van der Waals surface area contributed by atoms with Gasteiger partial charge in [0.2, 0.25) is 0 Å². The Balaban J connectivity index is 2.00. The van der Waals surface area contributed by atoms with E-state index in [0.717, 1.165) is 43.9 Å². The average molecular weight is 405 g/mol. The topological polar surface area (TPSA) is 33.7 Å². The Morgan fingerprint density at radius 2 is 1.68 bits per heavy atom. The van der Waals surface area contributed by atoms with Crippen molar-refractivity contribution in [2.24, 2.45) is 0 Å². The number of hydrogen-bond acceptors (Lipinski definition) is 4. The van der Waals surface area contributed by atoms with Crippen LogP contribution in [-0.2, 0) is 13.2 Å². The third-order valence-corrected chi connectivity index (χ3v) is 4.98. The van der Waals surface area contributed by atoms with Crippen LogP contribution < -0.4 is 14.8 Å². The summed E-state index contributed by atoms with van der Waals surface area (Å²) in [4.78, 5) is 2.40. The van der Waals surface area contributed by atoms with Crippen LogP contribution in [0.25, 0.3) is 0 Å². The fourth-order valence-electron chi connectivity index (χ4n) is 2.98. The second kappa shape index (κ2) is 11.9. The Kier molecular flexibility index (Phi) is 9.62. The van der Waals surface area contributed by atoms with E-state index in [0.29, 0.717) is 29.7 Å². The van der Waals surface area contributed by atoms with E-state index in [2.05, 4.69) is 55.3 Å². The number of rotatable bonds is 12. The van der Waals surface area contributed by atoms with E-state index in [1.54, 1.807) is 0 Å². The zero-order chi connectivity index (χ0) is 20.4. The van der Waals surface area contributed by atoms with Gasteiger partial charge >= 0.3 is 0 Å². The SMILES string of the molecule is CCOc1cc(CNCCN(CC)CC)cc(Cl)c1OCc1ccc(C)cc1. The molecule has 28 heavy (non-hydrogen) atoms. The van der Waals surface area contributed by atoms with Gasteiger partial charge in [-0.3, -0.25) is 0 Å². The smallest absolute Gasteiger partial charge is 0.180 e. The molecule has 0 fully saturated rings. The minimum absolute atomic E-state index is 0.460. The van der Waals surface area contributed by atoms with Crippen LogP contribution in [-0.4, -0.2) is 37.7 Å². The third-order valence-electron chi connectivity index (χ3n) is 4.70. The Hall–Kier alpha value is -1.75. The Bertz CT molecular complexity index is 715. The predicted molar refractivity (Wildman–Crippen MR) is 118 cm³/mol. The van der Waals surface area contributed by atoms with Gasteiger partial charge in [-0.15, -0.1) is 0 Å². The number of halogens is 1. The lowest BCUT2D eigenvalue weighted by Crippen LogP contribution is -2.31. The van der Waals surface area contributed by atoms with Crippen LogP contribution in [0.2, 0.25) is 5.02 Å². The van der Waals surface area contributed by atoms with Crippen LogP contribution in [0.15, 0.2) is 36.4 Å². The molecule has 0 saturated carbocycles. The highest BCUT2D eigenvalue weighted by Gasteiger charge is 2.13. The van der Waals surface area contributed by atoms with Gasteiger partial charge in [-0.2, -0.15) is 0 Å². The lowest BCUT2D eigenvalue weighted by molar-refractivity contribution is 0.269. The molecule has 154 valence electrons. The Labute approximate surface area is 174 Å². The average Bonchev–Trinajstić information content (AvgIpc) is 2.69. The summed E-state index contributed by atoms with van der Waals surface area (Å²) in [6.45, 7) is 14.3. The molecule has 0 saturated heterocycles. The van der Waals surface area contributed by atoms with E-state index < -0.39 is 0 Å². The molecule has 0 aliphatic rings. The van der Waals surface area contributed by atoms with Gasteiger partial charge in [0.1, 0.15) is 6.61 Å². The molecular weight excluding hydrogens is 372 g/mol. The van der Waals surface area contributed by atoms with E-state index in [4.69, 9.17) is 21.1 Å². The van der Waals surface area contributed by atoms with Crippen molar-refractivity contribution in [1.82, 2.24) is 10.2 Å². The zero-order valence-corrected chi connectivity index (χ0v) is 18.3. The fraction of sp³-hybridized carbons (Fsp3) is 0.478. The summed E-state index contributed by atoms with van der Waals surface area (Å²) in [5.41, 5.74) is 3.43. The van der Waals surface area contributed by atoms with Gasteiger partial charge in [-0.1, -0.05) is 55.3 Å². The fourth-order valence-corrected chi connectivity index (χ4v) is 3.26. The summed E-state index contributed by atoms with van der Waals surface area (Å²) < 4.78 is 11.8. The van der Waals surface area contributed by atoms with Crippen LogP contribution in [0.1, 0.15) is 37.5 Å². The molecule has 0 aliphatic heterocycles. The Morgan fingerprint density at radius 3 is 2.32 bits per heavy atom. The van der Waals surface area contributed by atoms with Gasteiger partial charge in [0.15, 0.2) is 11.5 Å². The lowest BCUT2D eigenvalue weighted by atomic mass is 10.1. The third kappa shape index (κ3) is 7.01. The molecule has 2 aromatic rings. The van der Waals surface area contributed by atoms with Crippen LogP contribution in [0, 0.1) is 6.92 Å². The van der Waals surface area contributed by atoms with Crippen molar-refractivity contribution in [3.05, 3.63) is 58.1 Å². The van der Waals surface area contributed by atoms with E-state index in [1.807, 2.05) is 19.1 Å². The first-order valence-corrected chi connectivity index (χ1v) is 10.5. The predicted octanol–water partition coefficient (Wildman–Crippen LogP) is 5.06. The number of likely N-dealkylation sites (N-methyl/N-ethyl adjacent to an activating group) is 1. The molecule has 0 aliphatic carbocycles. The molecule has 4 nitrogen and oxygen atoms in total. The monoisotopic (exact) mass is 404 g/mol. The molecule has 2 aromatic carbocycles. The normalized spacial score (nSPS) is 11.1. The first kappa shape index (κ1) is 22.5. The molecule has 5 heteroatoms. The highest BCUT2D eigenvalue weighted by Crippen LogP contribution is 2.37. The summed E-state index contributed by atoms with van der Waals surface area (Å²) in [5, 5.41) is 4.07. The summed E-state index contributed by atoms with van der Waals surface area (Å²) in [5.74, 6) is 1.30. The summed E-state index contributed by atoms with van der Waals surface area (Å²) in [6.07, 6.45) is 0. The molecule has 0 unspecified atom stereocenters. The minimum Gasteiger partial charge on any atom is -0.490 e. The van der Waals surface area contributed by atoms with Crippen molar-refractivity contribution in [2.75, 3.05) is 32.8 Å². The van der Waals surface area contributed by atoms with Gasteiger partial charge in [0, 0.05) is 19.6 Å². The first-order chi connectivity index (χ1) is 13.6. The van der Waals surface area contributed by atoms with Crippen molar-refractivity contribution < 1.29 is 9.47 Å². The van der Waals surface area contributed by atoms with Crippen LogP contribution in [0.3, 0.4) is 0 Å². The second-order valence-corrected chi connectivity index (χ2v) is 7.22. The zero-order valence-electron chi connectivity index (χ0n) is 17.6. The van der Waals surface area contributed by atoms with Gasteiger partial charge in [0.25, 0.3) is 0 Å². The summed E-state index contributed by atoms with van der Waals surface area (Å²) in [6, 6.07) is 12.3. The highest BCUT2D eigenvalue weighted by molar-refractivity contribution is 6.32. The molecule has 0 bridgehead atoms. The van der Waals surface area contributed by atoms with Gasteiger partial charge in [-0.25, -0.2) is 0 Å². The number of nitrogens with zero attached hydrogens (tertiary/aromatic N) is 1. The van der Waals surface area contributed by atoms with Crippen LogP contribution >= 0.6 is 11.6 Å². The standard InChI is InChI=1S/C23H33ClN2O2/c1-5-26(6-2)13-12-25-16-20-14-21(24)23(22(15-20)27-7-3)28-17-19-10-8-18(4)9-11-19/h8-11,14-15,25H,5-7,12-13,16-17H2,1-4H3. The molecule has 0 atom stereocenters. The van der Waals surface area contributed by atoms with E-state index in [-0.39, 0.29) is 0 Å². The van der Waals surface area contributed by atoms with Crippen molar-refractivity contribution in [2.45, 2.75) is 40.8 Å². The highest BCUT2D eigenvalue weighted by atomic mass is 35.5. The minimum atomic E-state index is 0.460. The number of nitrogens with one attached hydrogen (secondary N) is 1. The number of ether oxygens (including phenoxy) is 2. The van der Waals surface area contributed by atoms with Crippen LogP contribution in [0.5, 0.6) is 11.5 Å². The summed E-state index contributed by atoms with van der Waals surface area (Å²) in [7, 11) is 0. The molecule has 0 spiro atoms. The number of benzene rings is 2. The summed E-state index contributed by atoms with van der Waals surface area (Å²) >= 11 is 6.53. The van der Waals surface area contributed by atoms with E-state index in [9.17, 15) is 0 Å². The van der Waals surface area contributed by atoms with E-state index >= 15 is 0 Å². The maximum absolute atomic E-state index is 6.53. The maximum atomic E-state index is 6.53. The van der Waals surface area contributed by atoms with Gasteiger partial charge in [0.05, 0.1) is 11.6 Å². The number of aryl methyl sites for hydroxylation is 1. The van der Waals surface area contributed by atoms with Gasteiger partial charge < -0.3 is 19.7 Å². The maximum Gasteiger partial charge on any atom is 0.180 e. The quantitative estimate of drug-likeness (QED) is 0.501. The molecule has 0 heterocycles. The molecule has 1 N–H and O–H groups in total. The molecular formula is C23H33ClN2O2. The molecule has 2 rings (SSSR count). The molecule has 0 amide bonds. The Morgan fingerprint density at radius 1 is 0.964 bits per heavy atom. The lowest BCUT2D eigenvalue weighted by Gasteiger charge is -2.18. The first-order valence-electron chi connectivity index (χ1n) is 10.1. The number of hydrogen-bond donors (Lipinski definition) is 1. The van der Waals surface area contributed by atoms with Crippen LogP contribution in [0.4, 0.5) is 0 Å². The van der Waals surface area contributed by atoms with Crippen molar-refractivity contribution >= 4 is 11.6 Å². The second-order valence-electron chi connectivity index (χ2n) is 6.82. The molecule has 0 aromatic heterocycles. The largest absolute Gasteiger partial charge is 0.490 e. The van der Waals surface area contributed by atoms with Gasteiger partial charge in [-0.05, 0) is 50.2 Å². The van der Waals surface area contributed by atoms with Crippen molar-refractivity contribution in [3.63, 3.8) is 0 Å². The van der Waals surface area contributed by atoms with E-state index in [1.165, 1.54) is 5.56 Å². The van der Waals surface area contributed by atoms with Crippen molar-refractivity contribution in [1.29, 1.82) is 0 Å². The van der Waals surface area contributed by atoms with Crippen molar-refractivity contribution in [3.8, 4) is 11.5 Å². The molecule has 0 radical (unpaired) electrons.